The minimum atomic E-state index is -5.63. The number of thioether (sulfide) groups is 1. The van der Waals surface area contributed by atoms with Crippen molar-refractivity contribution >= 4 is 119 Å². The topological polar surface area (TPSA) is 447 Å². The Kier molecular flexibility index (Phi) is 21.8. The first-order valence-electron chi connectivity index (χ1n) is 28.6. The third-order valence-electron chi connectivity index (χ3n) is 15.8. The molecule has 7 unspecified atom stereocenters. The Morgan fingerprint density at radius 2 is 1.46 bits per heavy atom. The number of hydrogen-bond donors (Lipinski definition) is 11. The van der Waals surface area contributed by atoms with Crippen molar-refractivity contribution < 1.29 is 90.4 Å². The Morgan fingerprint density at radius 1 is 0.811 bits per heavy atom. The Hall–Kier alpha value is -6.37. The summed E-state index contributed by atoms with van der Waals surface area (Å²) in [5.41, 5.74) is 18.9. The molecule has 7 atom stereocenters. The smallest absolute Gasteiger partial charge is 0.481 e. The lowest BCUT2D eigenvalue weighted by Crippen LogP contribution is -2.46. The largest absolute Gasteiger partial charge is 0.481 e. The minimum absolute atomic E-state index is 0.0173. The molecule has 5 aromatic heterocycles. The van der Waals surface area contributed by atoms with Crippen LogP contribution in [0.3, 0.4) is 0 Å². The van der Waals surface area contributed by atoms with E-state index in [1.54, 1.807) is 0 Å². The summed E-state index contributed by atoms with van der Waals surface area (Å²) in [7, 11) is -14.5. The third kappa shape index (κ3) is 16.1. The summed E-state index contributed by atoms with van der Waals surface area (Å²) >= 11 is 1.03. The Balaban J connectivity index is 0.824. The van der Waals surface area contributed by atoms with Crippen LogP contribution in [0.2, 0.25) is 0 Å². The molecule has 0 aromatic carbocycles. The molecule has 3 aliphatic rings. The number of carboxylic acid groups (broad SMARTS) is 1. The number of hydrogen-bond acceptors (Lipinski definition) is 21. The van der Waals surface area contributed by atoms with E-state index in [4.69, 9.17) is 34.0 Å². The molecule has 0 aliphatic carbocycles. The monoisotopic (exact) mass is 1330 g/mol. The highest BCUT2D eigenvalue weighted by Gasteiger charge is 2.50. The maximum atomic E-state index is 13.5. The number of nitrogens with zero attached hydrogens (tertiary/aromatic N) is 7. The van der Waals surface area contributed by atoms with Gasteiger partial charge in [0.25, 0.3) is 0 Å². The Bertz CT molecular complexity index is 4030. The average Bonchev–Trinajstić information content (AvgIpc) is 1.69. The van der Waals surface area contributed by atoms with Crippen molar-refractivity contribution in [2.75, 3.05) is 37.8 Å². The number of aliphatic carboxylic acids is 1. The number of aromatic nitrogens is 8. The van der Waals surface area contributed by atoms with Crippen LogP contribution < -0.4 is 16.4 Å². The van der Waals surface area contributed by atoms with Gasteiger partial charge >= 0.3 is 29.4 Å². The van der Waals surface area contributed by atoms with Crippen LogP contribution in [-0.2, 0) is 75.4 Å². The molecule has 8 heterocycles. The number of phosphoric ester groups is 3. The Morgan fingerprint density at radius 3 is 2.10 bits per heavy atom. The molecule has 0 radical (unpaired) electrons. The number of amides is 2. The molecular weight excluding hydrogens is 1260 g/mol. The van der Waals surface area contributed by atoms with Gasteiger partial charge in [-0.25, -0.2) is 38.6 Å². The van der Waals surface area contributed by atoms with Crippen molar-refractivity contribution in [1.82, 2.24) is 49.7 Å². The molecule has 34 heteroatoms. The highest BCUT2D eigenvalue weighted by atomic mass is 32.2. The highest BCUT2D eigenvalue weighted by molar-refractivity contribution is 8.13. The second-order valence-corrected chi connectivity index (χ2v) is 27.8. The summed E-state index contributed by atoms with van der Waals surface area (Å²) in [6.07, 6.45) is -4.99. The first-order chi connectivity index (χ1) is 42.2. The number of aliphatic hydroxyl groups excluding tert-OH is 2. The van der Waals surface area contributed by atoms with Gasteiger partial charge in [0.1, 0.15) is 36.3 Å². The number of aromatic amines is 1. The van der Waals surface area contributed by atoms with Gasteiger partial charge in [0.2, 0.25) is 11.8 Å². The molecular formula is C56H74N11O19P3S. The van der Waals surface area contributed by atoms with E-state index in [-0.39, 0.29) is 66.6 Å². The molecule has 8 bridgehead atoms. The Labute approximate surface area is 520 Å². The van der Waals surface area contributed by atoms with Crippen LogP contribution in [0.1, 0.15) is 125 Å². The fourth-order valence-electron chi connectivity index (χ4n) is 10.9. The number of imidazole rings is 1. The molecule has 5 aromatic rings. The molecule has 2 amide bonds. The van der Waals surface area contributed by atoms with E-state index in [1.165, 1.54) is 19.4 Å². The zero-order valence-corrected chi connectivity index (χ0v) is 54.3. The van der Waals surface area contributed by atoms with Crippen LogP contribution in [0.4, 0.5) is 5.82 Å². The van der Waals surface area contributed by atoms with Gasteiger partial charge in [-0.05, 0) is 122 Å². The van der Waals surface area contributed by atoms with Gasteiger partial charge < -0.3 is 65.5 Å². The second kappa shape index (κ2) is 28.2. The number of nitrogens with two attached hydrogens (primary N) is 1. The van der Waals surface area contributed by atoms with E-state index in [2.05, 4.69) is 79.3 Å². The zero-order valence-electron chi connectivity index (χ0n) is 50.8. The lowest BCUT2D eigenvalue weighted by atomic mass is 9.87. The van der Waals surface area contributed by atoms with Gasteiger partial charge in [0.15, 0.2) is 22.8 Å². The normalized spacial score (nSPS) is 18.9. The number of ether oxygens (including phenoxy) is 1. The van der Waals surface area contributed by atoms with Crippen molar-refractivity contribution in [1.29, 1.82) is 0 Å². The van der Waals surface area contributed by atoms with Gasteiger partial charge in [0, 0.05) is 72.6 Å². The fraction of sp³-hybridized carbons (Fsp3) is 0.482. The summed E-state index contributed by atoms with van der Waals surface area (Å²) in [5, 5.41) is 36.6. The lowest BCUT2D eigenvalue weighted by molar-refractivity contribution is -0.137. The first-order valence-corrected chi connectivity index (χ1v) is 34.1. The number of nitrogen functional groups attached to an aromatic ring is 1. The summed E-state index contributed by atoms with van der Waals surface area (Å²) in [5.74, 6) is -2.27. The number of aliphatic hydroxyl groups is 2. The van der Waals surface area contributed by atoms with Crippen LogP contribution in [0.15, 0.2) is 36.9 Å². The molecule has 8 rings (SSSR count). The van der Waals surface area contributed by atoms with Gasteiger partial charge in [-0.3, -0.25) is 37.3 Å². The highest BCUT2D eigenvalue weighted by Crippen LogP contribution is 2.61. The number of rotatable bonds is 27. The predicted octanol–water partition coefficient (Wildman–Crippen LogP) is 6.25. The lowest BCUT2D eigenvalue weighted by Gasteiger charge is -2.30. The van der Waals surface area contributed by atoms with Gasteiger partial charge in [-0.1, -0.05) is 39.5 Å². The number of aryl methyl sites for hydroxylation is 5. The van der Waals surface area contributed by atoms with Crippen molar-refractivity contribution in [3.63, 3.8) is 0 Å². The van der Waals surface area contributed by atoms with Crippen molar-refractivity contribution in [3.05, 3.63) is 81.9 Å². The fourth-order valence-corrected chi connectivity index (χ4v) is 14.4. The molecule has 90 heavy (non-hydrogen) atoms. The predicted molar refractivity (Wildman–Crippen MR) is 332 cm³/mol. The second-order valence-electron chi connectivity index (χ2n) is 22.4. The van der Waals surface area contributed by atoms with Gasteiger partial charge in [0.05, 0.1) is 42.3 Å². The summed E-state index contributed by atoms with van der Waals surface area (Å²) in [6.45, 7) is 12.6. The number of H-pyrrole nitrogens is 1. The number of carboxylic acids is 1. The number of allylic oxidation sites excluding steroid dienone is 4. The number of carbonyl (C=O) groups is 4. The van der Waals surface area contributed by atoms with Gasteiger partial charge in [-0.15, -0.1) is 0 Å². The van der Waals surface area contributed by atoms with E-state index in [1.807, 2.05) is 33.0 Å². The van der Waals surface area contributed by atoms with E-state index in [0.29, 0.717) is 23.5 Å². The molecule has 3 aliphatic heterocycles. The van der Waals surface area contributed by atoms with Crippen LogP contribution in [0.25, 0.3) is 55.5 Å². The zero-order chi connectivity index (χ0) is 65.9. The van der Waals surface area contributed by atoms with E-state index in [0.717, 1.165) is 109 Å². The van der Waals surface area contributed by atoms with Crippen molar-refractivity contribution in [2.45, 2.75) is 131 Å². The quantitative estimate of drug-likeness (QED) is 0.0204. The molecule has 488 valence electrons. The molecule has 12 N–H and O–H groups in total. The van der Waals surface area contributed by atoms with Gasteiger partial charge in [-0.2, -0.15) is 4.31 Å². The standard InChI is InChI=1S/C56H74N11O19P3S/c1-10-32-28(3)38-23-43-33(11-2)31(6)42(66(43)9)22-37-30(5)34(12-14-46(69)70)40(65-37)21-41-35(29(4)36(63-41)20-39(32)64-38)13-15-47(71)90-19-18-58-45(68)16-17-59-54(74)51(73)56(7,8)25-83-89(80,81)86-88(78,79)82-24-44-50(85-87(75,76)77)49(72)55(84-44)67-27-62-48-52(57)60-26-61-53(48)67/h20-23,26-27,44,49-51,55,64,72-73H,10-19,24-25H2,1-9H3,(H,58,68)(H,59,74)(H,69,70)(H,78,79)(H,80,81)(H2,57,60,61)(H2,75,76,77). The first kappa shape index (κ1) is 69.5. The summed E-state index contributed by atoms with van der Waals surface area (Å²) < 4.78 is 65.3. The van der Waals surface area contributed by atoms with E-state index >= 15 is 0 Å². The summed E-state index contributed by atoms with van der Waals surface area (Å²) in [6, 6.07) is 8.18. The van der Waals surface area contributed by atoms with Crippen LogP contribution in [-0.4, -0.2) is 153 Å². The van der Waals surface area contributed by atoms with Crippen LogP contribution >= 0.6 is 35.2 Å². The molecule has 30 nitrogen and oxygen atoms in total. The molecule has 0 spiro atoms. The average molecular weight is 1330 g/mol. The van der Waals surface area contributed by atoms with E-state index in [9.17, 15) is 67.8 Å². The SMILES string of the molecule is CCc1c(C)c2cc3c(CC)c(C)c(cc4nc(cc5nc(cc1[nH]2)C(C)=C5CCC(=O)SCCNC(=O)CCNC(=O)C(O)C(C)(C)COP(=O)(O)OP(=O)(O)OCC1OC(n2cnc5c(N)ncnc52)C(O)C1OP(=O)(O)O)C(CCC(=O)O)=C4C)n3C. The maximum absolute atomic E-state index is 13.5. The minimum Gasteiger partial charge on any atom is -0.481 e. The number of anilines is 1. The maximum Gasteiger partial charge on any atom is 0.481 e. The van der Waals surface area contributed by atoms with E-state index < -0.39 is 90.5 Å². The van der Waals surface area contributed by atoms with Crippen molar-refractivity contribution in [3.8, 4) is 0 Å². The molecule has 1 saturated heterocycles. The number of phosphoric acid groups is 3. The number of carbonyl (C=O) groups excluding carboxylic acids is 3. The number of nitrogens with one attached hydrogen (secondary N) is 3. The van der Waals surface area contributed by atoms with Crippen LogP contribution in [0, 0.1) is 19.3 Å². The van der Waals surface area contributed by atoms with Crippen molar-refractivity contribution in [2.24, 2.45) is 12.5 Å². The number of fused-ring (bicyclic) bond motifs is 9. The summed E-state index contributed by atoms with van der Waals surface area (Å²) in [4.78, 5) is 117. The molecule has 0 saturated carbocycles. The van der Waals surface area contributed by atoms with Crippen LogP contribution in [0.5, 0.6) is 0 Å². The third-order valence-corrected chi connectivity index (χ3v) is 19.9. The molecule has 1 fully saturated rings.